The summed E-state index contributed by atoms with van der Waals surface area (Å²) in [6.07, 6.45) is 0. The lowest BCUT2D eigenvalue weighted by Crippen LogP contribution is -2.22. The van der Waals surface area contributed by atoms with E-state index in [1.807, 2.05) is 37.3 Å². The van der Waals surface area contributed by atoms with Gasteiger partial charge in [-0.3, -0.25) is 4.79 Å². The third-order valence-electron chi connectivity index (χ3n) is 3.06. The number of carbonyl (C=O) groups excluding carboxylic acids is 1. The molecule has 0 atom stereocenters. The number of nitrogens with two attached hydrogens (primary N) is 1. The number of nitrogens with one attached hydrogen (secondary N) is 1. The quantitative estimate of drug-likeness (QED) is 0.839. The van der Waals surface area contributed by atoms with E-state index in [9.17, 15) is 4.79 Å². The fraction of sp³-hybridized carbons (Fsp3) is 0.188. The molecule has 1 amide bonds. The summed E-state index contributed by atoms with van der Waals surface area (Å²) >= 11 is 0. The van der Waals surface area contributed by atoms with Crippen LogP contribution in [0.3, 0.4) is 0 Å². The number of hydrogen-bond donors (Lipinski definition) is 2. The maximum atomic E-state index is 12.0. The van der Waals surface area contributed by atoms with Crippen molar-refractivity contribution >= 4 is 11.6 Å². The summed E-state index contributed by atoms with van der Waals surface area (Å²) in [5.41, 5.74) is 9.11. The highest BCUT2D eigenvalue weighted by Crippen LogP contribution is 2.21. The molecule has 0 radical (unpaired) electrons. The molecule has 2 aromatic rings. The normalized spacial score (nSPS) is 10.1. The second kappa shape index (κ2) is 6.10. The maximum Gasteiger partial charge on any atom is 0.251 e. The van der Waals surface area contributed by atoms with Gasteiger partial charge >= 0.3 is 0 Å². The zero-order valence-corrected chi connectivity index (χ0v) is 11.6. The van der Waals surface area contributed by atoms with Crippen LogP contribution in [0.5, 0.6) is 5.75 Å². The molecule has 0 aliphatic carbocycles. The Morgan fingerprint density at radius 2 is 1.90 bits per heavy atom. The molecule has 2 aromatic carbocycles. The van der Waals surface area contributed by atoms with E-state index in [0.29, 0.717) is 23.5 Å². The molecule has 0 saturated heterocycles. The first-order valence-corrected chi connectivity index (χ1v) is 6.37. The number of anilines is 1. The van der Waals surface area contributed by atoms with Crippen LogP contribution < -0.4 is 15.8 Å². The number of hydrogen-bond acceptors (Lipinski definition) is 3. The van der Waals surface area contributed by atoms with Crippen LogP contribution in [0.15, 0.2) is 42.5 Å². The van der Waals surface area contributed by atoms with Gasteiger partial charge in [0.1, 0.15) is 5.75 Å². The van der Waals surface area contributed by atoms with Crippen LogP contribution in [-0.2, 0) is 6.54 Å². The fourth-order valence-electron chi connectivity index (χ4n) is 1.88. The first-order chi connectivity index (χ1) is 9.60. The molecule has 104 valence electrons. The molecule has 0 aliphatic rings. The minimum Gasteiger partial charge on any atom is -0.495 e. The molecule has 3 N–H and O–H groups in total. The topological polar surface area (TPSA) is 64.3 Å². The third-order valence-corrected chi connectivity index (χ3v) is 3.06. The number of carbonyl (C=O) groups is 1. The summed E-state index contributed by atoms with van der Waals surface area (Å²) in [4.78, 5) is 12.0. The van der Waals surface area contributed by atoms with Crippen LogP contribution in [0, 0.1) is 6.92 Å². The summed E-state index contributed by atoms with van der Waals surface area (Å²) in [5.74, 6) is 0.540. The first-order valence-electron chi connectivity index (χ1n) is 6.37. The predicted molar refractivity (Wildman–Crippen MR) is 79.8 cm³/mol. The SMILES string of the molecule is COc1ccc(CNC(=O)c2ccc(C)cc2)cc1N. The minimum absolute atomic E-state index is 0.0978. The summed E-state index contributed by atoms with van der Waals surface area (Å²) in [6, 6.07) is 12.9. The number of aryl methyl sites for hydroxylation is 1. The Hall–Kier alpha value is -2.49. The first kappa shape index (κ1) is 13.9. The van der Waals surface area contributed by atoms with Gasteiger partial charge in [-0.25, -0.2) is 0 Å². The minimum atomic E-state index is -0.0978. The van der Waals surface area contributed by atoms with Crippen LogP contribution in [-0.4, -0.2) is 13.0 Å². The number of ether oxygens (including phenoxy) is 1. The van der Waals surface area contributed by atoms with E-state index in [2.05, 4.69) is 5.32 Å². The summed E-state index contributed by atoms with van der Waals surface area (Å²) in [7, 11) is 1.57. The van der Waals surface area contributed by atoms with E-state index in [1.54, 1.807) is 19.2 Å². The Morgan fingerprint density at radius 1 is 1.20 bits per heavy atom. The lowest BCUT2D eigenvalue weighted by molar-refractivity contribution is 0.0951. The summed E-state index contributed by atoms with van der Waals surface area (Å²) in [6.45, 7) is 2.42. The molecule has 0 unspecified atom stereocenters. The molecule has 0 bridgehead atoms. The average Bonchev–Trinajstić information content (AvgIpc) is 2.45. The van der Waals surface area contributed by atoms with Crippen LogP contribution in [0.1, 0.15) is 21.5 Å². The van der Waals surface area contributed by atoms with Crippen molar-refractivity contribution in [1.29, 1.82) is 0 Å². The highest BCUT2D eigenvalue weighted by atomic mass is 16.5. The van der Waals surface area contributed by atoms with Crippen molar-refractivity contribution in [3.8, 4) is 5.75 Å². The maximum absolute atomic E-state index is 12.0. The van der Waals surface area contributed by atoms with Gasteiger partial charge in [0.05, 0.1) is 12.8 Å². The third kappa shape index (κ3) is 3.29. The van der Waals surface area contributed by atoms with Gasteiger partial charge in [-0.1, -0.05) is 23.8 Å². The van der Waals surface area contributed by atoms with Crippen molar-refractivity contribution < 1.29 is 9.53 Å². The van der Waals surface area contributed by atoms with Crippen molar-refractivity contribution in [3.05, 3.63) is 59.2 Å². The van der Waals surface area contributed by atoms with Gasteiger partial charge in [-0.05, 0) is 36.8 Å². The predicted octanol–water partition coefficient (Wildman–Crippen LogP) is 2.52. The van der Waals surface area contributed by atoms with E-state index in [0.717, 1.165) is 11.1 Å². The molecule has 0 spiro atoms. The standard InChI is InChI=1S/C16H18N2O2/c1-11-3-6-13(7-4-11)16(19)18-10-12-5-8-15(20-2)14(17)9-12/h3-9H,10,17H2,1-2H3,(H,18,19). The van der Waals surface area contributed by atoms with Crippen molar-refractivity contribution in [2.45, 2.75) is 13.5 Å². The Morgan fingerprint density at radius 3 is 2.50 bits per heavy atom. The lowest BCUT2D eigenvalue weighted by atomic mass is 10.1. The van der Waals surface area contributed by atoms with Gasteiger partial charge in [0.2, 0.25) is 0 Å². The molecule has 0 fully saturated rings. The number of amides is 1. The molecule has 0 aromatic heterocycles. The van der Waals surface area contributed by atoms with E-state index < -0.39 is 0 Å². The molecular weight excluding hydrogens is 252 g/mol. The fourth-order valence-corrected chi connectivity index (χ4v) is 1.88. The summed E-state index contributed by atoms with van der Waals surface area (Å²) in [5, 5.41) is 2.86. The lowest BCUT2D eigenvalue weighted by Gasteiger charge is -2.09. The number of methoxy groups -OCH3 is 1. The van der Waals surface area contributed by atoms with Crippen molar-refractivity contribution in [1.82, 2.24) is 5.32 Å². The largest absolute Gasteiger partial charge is 0.495 e. The van der Waals surface area contributed by atoms with E-state index in [-0.39, 0.29) is 5.91 Å². The zero-order chi connectivity index (χ0) is 14.5. The van der Waals surface area contributed by atoms with Crippen molar-refractivity contribution in [2.75, 3.05) is 12.8 Å². The Bertz CT molecular complexity index is 606. The van der Waals surface area contributed by atoms with Crippen LogP contribution in [0.2, 0.25) is 0 Å². The highest BCUT2D eigenvalue weighted by Gasteiger charge is 2.06. The molecule has 0 heterocycles. The molecule has 4 heteroatoms. The molecule has 4 nitrogen and oxygen atoms in total. The second-order valence-corrected chi connectivity index (χ2v) is 4.63. The number of nitrogen functional groups attached to an aromatic ring is 1. The van der Waals surface area contributed by atoms with Gasteiger partial charge in [0.15, 0.2) is 0 Å². The van der Waals surface area contributed by atoms with Crippen LogP contribution in [0.4, 0.5) is 5.69 Å². The Labute approximate surface area is 118 Å². The molecule has 0 saturated carbocycles. The van der Waals surface area contributed by atoms with Crippen molar-refractivity contribution in [3.63, 3.8) is 0 Å². The molecular formula is C16H18N2O2. The van der Waals surface area contributed by atoms with Crippen LogP contribution in [0.25, 0.3) is 0 Å². The monoisotopic (exact) mass is 270 g/mol. The Kier molecular flexibility index (Phi) is 4.25. The summed E-state index contributed by atoms with van der Waals surface area (Å²) < 4.78 is 5.09. The number of rotatable bonds is 4. The molecule has 2 rings (SSSR count). The van der Waals surface area contributed by atoms with Gasteiger partial charge in [0, 0.05) is 12.1 Å². The van der Waals surface area contributed by atoms with Gasteiger partial charge < -0.3 is 15.8 Å². The number of benzene rings is 2. The smallest absolute Gasteiger partial charge is 0.251 e. The molecule has 0 aliphatic heterocycles. The van der Waals surface area contributed by atoms with Gasteiger partial charge in [-0.2, -0.15) is 0 Å². The molecule has 20 heavy (non-hydrogen) atoms. The van der Waals surface area contributed by atoms with E-state index >= 15 is 0 Å². The second-order valence-electron chi connectivity index (χ2n) is 4.63. The van der Waals surface area contributed by atoms with E-state index in [4.69, 9.17) is 10.5 Å². The average molecular weight is 270 g/mol. The Balaban J connectivity index is 1.99. The van der Waals surface area contributed by atoms with Gasteiger partial charge in [0.25, 0.3) is 5.91 Å². The van der Waals surface area contributed by atoms with Crippen LogP contribution >= 0.6 is 0 Å². The van der Waals surface area contributed by atoms with Gasteiger partial charge in [-0.15, -0.1) is 0 Å². The zero-order valence-electron chi connectivity index (χ0n) is 11.6. The van der Waals surface area contributed by atoms with Crippen molar-refractivity contribution in [2.24, 2.45) is 0 Å². The highest BCUT2D eigenvalue weighted by molar-refractivity contribution is 5.94. The van der Waals surface area contributed by atoms with E-state index in [1.165, 1.54) is 0 Å².